The summed E-state index contributed by atoms with van der Waals surface area (Å²) in [5, 5.41) is 6.85. The molecule has 1 aliphatic heterocycles. The first-order chi connectivity index (χ1) is 10.3. The predicted octanol–water partition coefficient (Wildman–Crippen LogP) is 3.10. The quantitative estimate of drug-likeness (QED) is 0.945. The van der Waals surface area contributed by atoms with Crippen molar-refractivity contribution in [2.45, 2.75) is 6.54 Å². The number of nitrogens with zero attached hydrogens (tertiary/aromatic N) is 2. The van der Waals surface area contributed by atoms with Crippen LogP contribution < -0.4 is 5.32 Å². The van der Waals surface area contributed by atoms with E-state index in [4.69, 9.17) is 0 Å². The zero-order chi connectivity index (χ0) is 14.5. The third-order valence-electron chi connectivity index (χ3n) is 3.68. The summed E-state index contributed by atoms with van der Waals surface area (Å²) in [4.78, 5) is 16.4. The van der Waals surface area contributed by atoms with E-state index >= 15 is 0 Å². The number of amides is 2. The number of carbonyl (C=O) groups excluding carboxylic acids is 1. The molecule has 0 saturated carbocycles. The van der Waals surface area contributed by atoms with Crippen molar-refractivity contribution in [2.75, 3.05) is 31.5 Å². The van der Waals surface area contributed by atoms with Crippen LogP contribution in [0.1, 0.15) is 5.56 Å². The first kappa shape index (κ1) is 14.1. The molecular formula is C16H19N3OS. The van der Waals surface area contributed by atoms with Crippen LogP contribution in [0.3, 0.4) is 0 Å². The van der Waals surface area contributed by atoms with Gasteiger partial charge in [-0.05, 0) is 17.0 Å². The normalized spacial score (nSPS) is 15.9. The summed E-state index contributed by atoms with van der Waals surface area (Å²) < 4.78 is 0. The number of thiophene rings is 1. The van der Waals surface area contributed by atoms with E-state index in [9.17, 15) is 4.79 Å². The molecule has 110 valence electrons. The molecule has 3 rings (SSSR count). The van der Waals surface area contributed by atoms with Crippen molar-refractivity contribution in [3.63, 3.8) is 0 Å². The largest absolute Gasteiger partial charge is 0.322 e. The highest BCUT2D eigenvalue weighted by Crippen LogP contribution is 2.14. The second kappa shape index (κ2) is 6.74. The SMILES string of the molecule is O=C(Nc1ccsc1)N1CCN(Cc2ccccc2)CC1. The van der Waals surface area contributed by atoms with Crippen molar-refractivity contribution in [1.29, 1.82) is 0 Å². The predicted molar refractivity (Wildman–Crippen MR) is 86.6 cm³/mol. The summed E-state index contributed by atoms with van der Waals surface area (Å²) in [5.41, 5.74) is 2.21. The van der Waals surface area contributed by atoms with Crippen molar-refractivity contribution in [3.8, 4) is 0 Å². The average Bonchev–Trinajstić information content (AvgIpc) is 3.02. The van der Waals surface area contributed by atoms with Gasteiger partial charge in [0, 0.05) is 38.1 Å². The van der Waals surface area contributed by atoms with E-state index < -0.39 is 0 Å². The summed E-state index contributed by atoms with van der Waals surface area (Å²) >= 11 is 1.59. The fraction of sp³-hybridized carbons (Fsp3) is 0.312. The summed E-state index contributed by atoms with van der Waals surface area (Å²) in [6, 6.07) is 12.4. The molecular weight excluding hydrogens is 282 g/mol. The number of nitrogens with one attached hydrogen (secondary N) is 1. The van der Waals surface area contributed by atoms with Crippen LogP contribution in [0.15, 0.2) is 47.2 Å². The van der Waals surface area contributed by atoms with Crippen LogP contribution in [-0.2, 0) is 6.54 Å². The Hall–Kier alpha value is -1.85. The molecule has 2 heterocycles. The molecule has 1 aliphatic rings. The Morgan fingerprint density at radius 3 is 2.52 bits per heavy atom. The van der Waals surface area contributed by atoms with E-state index in [0.29, 0.717) is 0 Å². The molecule has 1 N–H and O–H groups in total. The maximum atomic E-state index is 12.1. The van der Waals surface area contributed by atoms with Gasteiger partial charge < -0.3 is 10.2 Å². The lowest BCUT2D eigenvalue weighted by Crippen LogP contribution is -2.49. The number of carbonyl (C=O) groups is 1. The Morgan fingerprint density at radius 1 is 1.10 bits per heavy atom. The number of hydrogen-bond donors (Lipinski definition) is 1. The fourth-order valence-corrected chi connectivity index (χ4v) is 3.08. The van der Waals surface area contributed by atoms with Gasteiger partial charge in [-0.2, -0.15) is 11.3 Å². The fourth-order valence-electron chi connectivity index (χ4n) is 2.49. The van der Waals surface area contributed by atoms with E-state index in [-0.39, 0.29) is 6.03 Å². The van der Waals surface area contributed by atoms with Gasteiger partial charge in [0.05, 0.1) is 5.69 Å². The summed E-state index contributed by atoms with van der Waals surface area (Å²) in [7, 11) is 0. The molecule has 5 heteroatoms. The smallest absolute Gasteiger partial charge is 0.321 e. The van der Waals surface area contributed by atoms with E-state index in [1.807, 2.05) is 27.8 Å². The standard InChI is InChI=1S/C16H19N3OS/c20-16(17-15-6-11-21-13-15)19-9-7-18(8-10-19)12-14-4-2-1-3-5-14/h1-6,11,13H,7-10,12H2,(H,17,20). The number of piperazine rings is 1. The van der Waals surface area contributed by atoms with Crippen LogP contribution in [0.2, 0.25) is 0 Å². The molecule has 0 radical (unpaired) electrons. The lowest BCUT2D eigenvalue weighted by Gasteiger charge is -2.34. The zero-order valence-corrected chi connectivity index (χ0v) is 12.7. The van der Waals surface area contributed by atoms with Crippen molar-refractivity contribution in [3.05, 3.63) is 52.7 Å². The Bertz CT molecular complexity index is 562. The maximum Gasteiger partial charge on any atom is 0.321 e. The molecule has 0 aliphatic carbocycles. The minimum atomic E-state index is 0.00719. The molecule has 0 atom stereocenters. The van der Waals surface area contributed by atoms with Gasteiger partial charge in [0.1, 0.15) is 0 Å². The van der Waals surface area contributed by atoms with E-state index in [1.165, 1.54) is 5.56 Å². The molecule has 1 aromatic carbocycles. The lowest BCUT2D eigenvalue weighted by molar-refractivity contribution is 0.143. The van der Waals surface area contributed by atoms with Gasteiger partial charge in [-0.25, -0.2) is 4.79 Å². The Kier molecular flexibility index (Phi) is 4.52. The summed E-state index contributed by atoms with van der Waals surface area (Å²) in [6.45, 7) is 4.37. The molecule has 21 heavy (non-hydrogen) atoms. The maximum absolute atomic E-state index is 12.1. The second-order valence-corrected chi connectivity index (χ2v) is 5.97. The van der Waals surface area contributed by atoms with Crippen LogP contribution in [0.5, 0.6) is 0 Å². The minimum absolute atomic E-state index is 0.00719. The Labute approximate surface area is 129 Å². The van der Waals surface area contributed by atoms with Crippen molar-refractivity contribution < 1.29 is 4.79 Å². The zero-order valence-electron chi connectivity index (χ0n) is 11.9. The van der Waals surface area contributed by atoms with E-state index in [2.05, 4.69) is 34.5 Å². The lowest BCUT2D eigenvalue weighted by atomic mass is 10.2. The van der Waals surface area contributed by atoms with Gasteiger partial charge in [0.2, 0.25) is 0 Å². The van der Waals surface area contributed by atoms with E-state index in [1.54, 1.807) is 11.3 Å². The minimum Gasteiger partial charge on any atom is -0.322 e. The van der Waals surface area contributed by atoms with Crippen molar-refractivity contribution in [1.82, 2.24) is 9.80 Å². The Balaban J connectivity index is 1.47. The van der Waals surface area contributed by atoms with Crippen LogP contribution in [-0.4, -0.2) is 42.0 Å². The van der Waals surface area contributed by atoms with Crippen LogP contribution in [0, 0.1) is 0 Å². The second-order valence-electron chi connectivity index (χ2n) is 5.19. The number of urea groups is 1. The van der Waals surface area contributed by atoms with Gasteiger partial charge in [-0.15, -0.1) is 0 Å². The van der Waals surface area contributed by atoms with Gasteiger partial charge in [0.25, 0.3) is 0 Å². The highest BCUT2D eigenvalue weighted by Gasteiger charge is 2.21. The van der Waals surface area contributed by atoms with Gasteiger partial charge in [0.15, 0.2) is 0 Å². The van der Waals surface area contributed by atoms with Gasteiger partial charge >= 0.3 is 6.03 Å². The molecule has 1 saturated heterocycles. The number of rotatable bonds is 3. The monoisotopic (exact) mass is 301 g/mol. The third-order valence-corrected chi connectivity index (χ3v) is 4.36. The number of anilines is 1. The average molecular weight is 301 g/mol. The summed E-state index contributed by atoms with van der Waals surface area (Å²) in [6.07, 6.45) is 0. The number of benzene rings is 1. The number of hydrogen-bond acceptors (Lipinski definition) is 3. The first-order valence-corrected chi connectivity index (χ1v) is 8.10. The molecule has 4 nitrogen and oxygen atoms in total. The molecule has 2 amide bonds. The van der Waals surface area contributed by atoms with Gasteiger partial charge in [-0.1, -0.05) is 30.3 Å². The molecule has 0 unspecified atom stereocenters. The molecule has 1 fully saturated rings. The highest BCUT2D eigenvalue weighted by atomic mass is 32.1. The Morgan fingerprint density at radius 2 is 1.86 bits per heavy atom. The molecule has 1 aromatic heterocycles. The van der Waals surface area contributed by atoms with Crippen LogP contribution in [0.25, 0.3) is 0 Å². The van der Waals surface area contributed by atoms with E-state index in [0.717, 1.165) is 38.4 Å². The highest BCUT2D eigenvalue weighted by molar-refractivity contribution is 7.08. The molecule has 2 aromatic rings. The topological polar surface area (TPSA) is 35.6 Å². The third kappa shape index (κ3) is 3.83. The van der Waals surface area contributed by atoms with Crippen LogP contribution >= 0.6 is 11.3 Å². The summed E-state index contributed by atoms with van der Waals surface area (Å²) in [5.74, 6) is 0. The first-order valence-electron chi connectivity index (χ1n) is 7.16. The van der Waals surface area contributed by atoms with Crippen molar-refractivity contribution >= 4 is 23.1 Å². The molecule has 0 spiro atoms. The van der Waals surface area contributed by atoms with Crippen LogP contribution in [0.4, 0.5) is 10.5 Å². The van der Waals surface area contributed by atoms with Gasteiger partial charge in [-0.3, -0.25) is 4.90 Å². The van der Waals surface area contributed by atoms with Crippen molar-refractivity contribution in [2.24, 2.45) is 0 Å². The molecule has 0 bridgehead atoms.